The molecule has 6 nitrogen and oxygen atoms in total. The van der Waals surface area contributed by atoms with E-state index in [0.29, 0.717) is 26.2 Å². The third-order valence-electron chi connectivity index (χ3n) is 4.04. The van der Waals surface area contributed by atoms with Crippen molar-refractivity contribution < 1.29 is 19.7 Å². The first-order valence-electron chi connectivity index (χ1n) is 6.88. The van der Waals surface area contributed by atoms with Gasteiger partial charge in [-0.2, -0.15) is 0 Å². The summed E-state index contributed by atoms with van der Waals surface area (Å²) in [4.78, 5) is 14.5. The Morgan fingerprint density at radius 3 is 2.67 bits per heavy atom. The summed E-state index contributed by atoms with van der Waals surface area (Å²) in [5.74, 6) is 0.786. The molecule has 2 atom stereocenters. The van der Waals surface area contributed by atoms with Gasteiger partial charge < -0.3 is 19.8 Å². The second-order valence-corrected chi connectivity index (χ2v) is 6.23. The SMILES string of the molecule is O=C(O)N1CCN([C@@H]2c3cc(Br)ccc3OC[C@H]2O)CC1. The first kappa shape index (κ1) is 14.6. The summed E-state index contributed by atoms with van der Waals surface area (Å²) in [7, 11) is 0. The molecule has 7 heteroatoms. The Morgan fingerprint density at radius 1 is 1.29 bits per heavy atom. The minimum Gasteiger partial charge on any atom is -0.490 e. The first-order chi connectivity index (χ1) is 10.1. The molecule has 1 aromatic rings. The summed E-state index contributed by atoms with van der Waals surface area (Å²) in [6.45, 7) is 2.41. The van der Waals surface area contributed by atoms with Crippen LogP contribution in [-0.2, 0) is 0 Å². The van der Waals surface area contributed by atoms with Crippen LogP contribution in [0.1, 0.15) is 11.6 Å². The van der Waals surface area contributed by atoms with Gasteiger partial charge in [-0.05, 0) is 18.2 Å². The molecule has 1 amide bonds. The number of aliphatic hydroxyl groups excluding tert-OH is 1. The highest BCUT2D eigenvalue weighted by atomic mass is 79.9. The predicted molar refractivity (Wildman–Crippen MR) is 79.6 cm³/mol. The molecule has 0 bridgehead atoms. The van der Waals surface area contributed by atoms with Crippen molar-refractivity contribution in [1.82, 2.24) is 9.80 Å². The molecule has 2 aliphatic rings. The largest absolute Gasteiger partial charge is 0.490 e. The molecule has 0 radical (unpaired) electrons. The summed E-state index contributed by atoms with van der Waals surface area (Å²) in [6.07, 6.45) is -1.49. The number of carboxylic acid groups (broad SMARTS) is 1. The Balaban J connectivity index is 1.82. The third kappa shape index (κ3) is 2.86. The van der Waals surface area contributed by atoms with E-state index in [1.807, 2.05) is 18.2 Å². The van der Waals surface area contributed by atoms with Crippen molar-refractivity contribution in [2.24, 2.45) is 0 Å². The number of rotatable bonds is 1. The van der Waals surface area contributed by atoms with Crippen LogP contribution in [0.25, 0.3) is 0 Å². The smallest absolute Gasteiger partial charge is 0.407 e. The number of halogens is 1. The van der Waals surface area contributed by atoms with E-state index in [1.165, 1.54) is 4.90 Å². The number of fused-ring (bicyclic) bond motifs is 1. The molecule has 2 heterocycles. The van der Waals surface area contributed by atoms with Crippen molar-refractivity contribution in [2.75, 3.05) is 32.8 Å². The summed E-state index contributed by atoms with van der Waals surface area (Å²) in [5.41, 5.74) is 0.951. The van der Waals surface area contributed by atoms with Crippen LogP contribution < -0.4 is 4.74 Å². The van der Waals surface area contributed by atoms with Crippen LogP contribution in [-0.4, -0.2) is 65.0 Å². The second-order valence-electron chi connectivity index (χ2n) is 5.31. The van der Waals surface area contributed by atoms with Crippen LogP contribution in [0.15, 0.2) is 22.7 Å². The Labute approximate surface area is 131 Å². The van der Waals surface area contributed by atoms with Crippen LogP contribution in [0.5, 0.6) is 5.75 Å². The van der Waals surface area contributed by atoms with Gasteiger partial charge in [-0.15, -0.1) is 0 Å². The minimum absolute atomic E-state index is 0.151. The molecule has 0 unspecified atom stereocenters. The van der Waals surface area contributed by atoms with Gasteiger partial charge in [-0.3, -0.25) is 4.90 Å². The molecule has 1 aromatic carbocycles. The highest BCUT2D eigenvalue weighted by Crippen LogP contribution is 2.38. The molecule has 1 fully saturated rings. The van der Waals surface area contributed by atoms with Crippen molar-refractivity contribution >= 4 is 22.0 Å². The van der Waals surface area contributed by atoms with E-state index >= 15 is 0 Å². The number of aliphatic hydroxyl groups is 1. The number of amides is 1. The molecular formula is C14H17BrN2O4. The monoisotopic (exact) mass is 356 g/mol. The average molecular weight is 357 g/mol. The lowest BCUT2D eigenvalue weighted by Gasteiger charge is -2.42. The maximum absolute atomic E-state index is 11.0. The minimum atomic E-state index is -0.884. The van der Waals surface area contributed by atoms with Gasteiger partial charge in [0.25, 0.3) is 0 Å². The van der Waals surface area contributed by atoms with E-state index in [9.17, 15) is 9.90 Å². The zero-order valence-electron chi connectivity index (χ0n) is 11.4. The number of hydrogen-bond donors (Lipinski definition) is 2. The van der Waals surface area contributed by atoms with E-state index in [0.717, 1.165) is 15.8 Å². The van der Waals surface area contributed by atoms with Crippen LogP contribution in [0.2, 0.25) is 0 Å². The zero-order valence-corrected chi connectivity index (χ0v) is 13.0. The number of carbonyl (C=O) groups is 1. The van der Waals surface area contributed by atoms with Crippen LogP contribution in [0.3, 0.4) is 0 Å². The van der Waals surface area contributed by atoms with Crippen molar-refractivity contribution in [3.8, 4) is 5.75 Å². The summed E-state index contributed by atoms with van der Waals surface area (Å²) in [6, 6.07) is 5.62. The van der Waals surface area contributed by atoms with E-state index in [-0.39, 0.29) is 12.6 Å². The van der Waals surface area contributed by atoms with Gasteiger partial charge in [0.1, 0.15) is 18.5 Å². The fraction of sp³-hybridized carbons (Fsp3) is 0.500. The number of nitrogens with zero attached hydrogens (tertiary/aromatic N) is 2. The maximum Gasteiger partial charge on any atom is 0.407 e. The van der Waals surface area contributed by atoms with Gasteiger partial charge in [-0.25, -0.2) is 4.79 Å². The number of ether oxygens (including phenoxy) is 1. The predicted octanol–water partition coefficient (Wildman–Crippen LogP) is 1.54. The lowest BCUT2D eigenvalue weighted by atomic mass is 9.96. The third-order valence-corrected chi connectivity index (χ3v) is 4.54. The van der Waals surface area contributed by atoms with Crippen LogP contribution in [0, 0.1) is 0 Å². The van der Waals surface area contributed by atoms with E-state index in [4.69, 9.17) is 9.84 Å². The molecule has 21 heavy (non-hydrogen) atoms. The molecule has 114 valence electrons. The van der Waals surface area contributed by atoms with Gasteiger partial charge in [0.15, 0.2) is 0 Å². The lowest BCUT2D eigenvalue weighted by Crippen LogP contribution is -2.52. The van der Waals surface area contributed by atoms with Crippen LogP contribution in [0.4, 0.5) is 4.79 Å². The number of benzene rings is 1. The number of hydrogen-bond acceptors (Lipinski definition) is 4. The molecule has 0 aromatic heterocycles. The van der Waals surface area contributed by atoms with Crippen LogP contribution >= 0.6 is 15.9 Å². The highest BCUT2D eigenvalue weighted by molar-refractivity contribution is 9.10. The second kappa shape index (κ2) is 5.82. The summed E-state index contributed by atoms with van der Waals surface area (Å²) < 4.78 is 6.51. The molecule has 0 spiro atoms. The average Bonchev–Trinajstić information content (AvgIpc) is 2.47. The Bertz CT molecular complexity index is 546. The van der Waals surface area contributed by atoms with E-state index in [1.54, 1.807) is 0 Å². The van der Waals surface area contributed by atoms with Gasteiger partial charge in [-0.1, -0.05) is 15.9 Å². The van der Waals surface area contributed by atoms with E-state index < -0.39 is 12.2 Å². The molecule has 0 saturated carbocycles. The molecule has 2 aliphatic heterocycles. The Morgan fingerprint density at radius 2 is 2.00 bits per heavy atom. The van der Waals surface area contributed by atoms with Gasteiger partial charge in [0.05, 0.1) is 6.04 Å². The Hall–Kier alpha value is -1.31. The number of piperazine rings is 1. The standard InChI is InChI=1S/C14H17BrN2O4/c15-9-1-2-12-10(7-9)13(11(18)8-21-12)16-3-5-17(6-4-16)14(19)20/h1-2,7,11,13,18H,3-6,8H2,(H,19,20)/t11-,13-/m1/s1. The zero-order chi connectivity index (χ0) is 15.0. The molecule has 1 saturated heterocycles. The first-order valence-corrected chi connectivity index (χ1v) is 7.68. The van der Waals surface area contributed by atoms with Crippen molar-refractivity contribution in [3.05, 3.63) is 28.2 Å². The van der Waals surface area contributed by atoms with Gasteiger partial charge in [0.2, 0.25) is 0 Å². The quantitative estimate of drug-likeness (QED) is 0.798. The lowest BCUT2D eigenvalue weighted by molar-refractivity contribution is -0.0159. The Kier molecular flexibility index (Phi) is 4.05. The molecule has 3 rings (SSSR count). The fourth-order valence-electron chi connectivity index (χ4n) is 2.99. The highest BCUT2D eigenvalue weighted by Gasteiger charge is 2.36. The van der Waals surface area contributed by atoms with Crippen molar-refractivity contribution in [1.29, 1.82) is 0 Å². The maximum atomic E-state index is 11.0. The summed E-state index contributed by atoms with van der Waals surface area (Å²) >= 11 is 3.45. The van der Waals surface area contributed by atoms with E-state index in [2.05, 4.69) is 20.8 Å². The topological polar surface area (TPSA) is 73.2 Å². The fourth-order valence-corrected chi connectivity index (χ4v) is 3.37. The summed E-state index contributed by atoms with van der Waals surface area (Å²) in [5, 5.41) is 19.3. The van der Waals surface area contributed by atoms with Gasteiger partial charge in [0, 0.05) is 36.2 Å². The molecule has 0 aliphatic carbocycles. The van der Waals surface area contributed by atoms with Gasteiger partial charge >= 0.3 is 6.09 Å². The molecule has 2 N–H and O–H groups in total. The van der Waals surface area contributed by atoms with Crippen molar-refractivity contribution in [3.63, 3.8) is 0 Å². The normalized spacial score (nSPS) is 26.1. The van der Waals surface area contributed by atoms with Crippen molar-refractivity contribution in [2.45, 2.75) is 12.1 Å². The molecular weight excluding hydrogens is 340 g/mol.